The Kier molecular flexibility index (Phi) is 7.65. The molecule has 5 heterocycles. The molecule has 0 aliphatic heterocycles. The quantitative estimate of drug-likeness (QED) is 0.157. The Morgan fingerprint density at radius 1 is 0.605 bits per heavy atom. The van der Waals surface area contributed by atoms with E-state index >= 15 is 0 Å². The Bertz CT molecular complexity index is 1710. The van der Waals surface area contributed by atoms with Crippen molar-refractivity contribution < 1.29 is 0 Å². The first-order chi connectivity index (χ1) is 18.5. The van der Waals surface area contributed by atoms with E-state index in [1.807, 2.05) is 45.3 Å². The number of nitrogens with zero attached hydrogens (tertiary/aromatic N) is 2. The maximum atomic E-state index is 4.82. The summed E-state index contributed by atoms with van der Waals surface area (Å²) in [6.07, 6.45) is 6.27. The molecule has 0 unspecified atom stereocenters. The minimum atomic E-state index is 1.02. The van der Waals surface area contributed by atoms with Crippen LogP contribution >= 0.6 is 57.1 Å². The first-order valence-corrected chi connectivity index (χ1v) is 17.1. The van der Waals surface area contributed by atoms with Crippen LogP contribution in [0.1, 0.15) is 53.5 Å². The van der Waals surface area contributed by atoms with Crippen molar-refractivity contribution in [1.82, 2.24) is 8.75 Å². The van der Waals surface area contributed by atoms with Gasteiger partial charge in [-0.1, -0.05) is 38.3 Å². The van der Waals surface area contributed by atoms with E-state index in [-0.39, 0.29) is 0 Å². The van der Waals surface area contributed by atoms with Gasteiger partial charge in [0.05, 0.1) is 11.7 Å². The highest BCUT2D eigenvalue weighted by atomic mass is 32.1. The molecule has 0 radical (unpaired) electrons. The molecule has 0 fully saturated rings. The van der Waals surface area contributed by atoms with E-state index in [1.165, 1.54) is 98.7 Å². The van der Waals surface area contributed by atoms with Crippen LogP contribution in [-0.4, -0.2) is 8.75 Å². The van der Waals surface area contributed by atoms with Crippen LogP contribution in [0.15, 0.2) is 48.5 Å². The minimum absolute atomic E-state index is 1.02. The predicted octanol–water partition coefficient (Wildman–Crippen LogP) is 11.7. The van der Waals surface area contributed by atoms with Gasteiger partial charge in [0.15, 0.2) is 0 Å². The summed E-state index contributed by atoms with van der Waals surface area (Å²) in [5.41, 5.74) is 7.26. The standard InChI is InChI=1S/C31H30N2S5/c1-5-6-7-8-9-21-17-27(37-31(21)25-15-11-20(4)35-25)23-13-12-22(28-29(23)33-38-32-28)26-16-18(2)30(36-26)24-14-10-19(3)34-24/h10-17H,5-9H2,1-4H3. The summed E-state index contributed by atoms with van der Waals surface area (Å²) in [6, 6.07) is 18.3. The summed E-state index contributed by atoms with van der Waals surface area (Å²) in [5, 5.41) is 0. The number of fused-ring (bicyclic) bond motifs is 1. The Labute approximate surface area is 245 Å². The molecule has 2 nitrogen and oxygen atoms in total. The number of benzene rings is 1. The van der Waals surface area contributed by atoms with Crippen LogP contribution < -0.4 is 0 Å². The van der Waals surface area contributed by atoms with Crippen LogP contribution in [0.25, 0.3) is 51.4 Å². The van der Waals surface area contributed by atoms with Crippen LogP contribution in [0.4, 0.5) is 0 Å². The van der Waals surface area contributed by atoms with Gasteiger partial charge in [0.25, 0.3) is 0 Å². The lowest BCUT2D eigenvalue weighted by Gasteiger charge is -2.03. The lowest BCUT2D eigenvalue weighted by Crippen LogP contribution is -1.85. The summed E-state index contributed by atoms with van der Waals surface area (Å²) in [7, 11) is 0. The number of rotatable bonds is 9. The molecule has 0 N–H and O–H groups in total. The van der Waals surface area contributed by atoms with Gasteiger partial charge in [-0.15, -0.1) is 45.3 Å². The molecule has 0 atom stereocenters. The zero-order valence-electron chi connectivity index (χ0n) is 22.1. The molecule has 5 aromatic heterocycles. The van der Waals surface area contributed by atoms with Gasteiger partial charge in [0.2, 0.25) is 0 Å². The molecule has 0 bridgehead atoms. The van der Waals surface area contributed by atoms with Crippen molar-refractivity contribution in [2.45, 2.75) is 59.8 Å². The van der Waals surface area contributed by atoms with Crippen molar-refractivity contribution in [1.29, 1.82) is 0 Å². The van der Waals surface area contributed by atoms with Crippen LogP contribution in [0.2, 0.25) is 0 Å². The van der Waals surface area contributed by atoms with E-state index in [0.29, 0.717) is 0 Å². The molecule has 7 heteroatoms. The van der Waals surface area contributed by atoms with E-state index in [1.54, 1.807) is 0 Å². The number of aryl methyl sites for hydroxylation is 4. The normalized spacial score (nSPS) is 11.7. The third-order valence-electron chi connectivity index (χ3n) is 6.90. The molecule has 6 rings (SSSR count). The van der Waals surface area contributed by atoms with Gasteiger partial charge >= 0.3 is 0 Å². The fraction of sp³-hybridized carbons (Fsp3) is 0.290. The maximum absolute atomic E-state index is 4.82. The number of unbranched alkanes of at least 4 members (excludes halogenated alkanes) is 3. The van der Waals surface area contributed by atoms with Gasteiger partial charge in [-0.25, -0.2) is 0 Å². The molecule has 0 amide bonds. The van der Waals surface area contributed by atoms with Gasteiger partial charge in [0.1, 0.15) is 11.0 Å². The summed E-state index contributed by atoms with van der Waals surface area (Å²) in [5.74, 6) is 0. The molecule has 0 aliphatic carbocycles. The smallest absolute Gasteiger partial charge is 0.114 e. The summed E-state index contributed by atoms with van der Waals surface area (Å²) < 4.78 is 9.63. The van der Waals surface area contributed by atoms with Crippen LogP contribution in [0.5, 0.6) is 0 Å². The van der Waals surface area contributed by atoms with Crippen molar-refractivity contribution >= 4 is 68.1 Å². The van der Waals surface area contributed by atoms with Crippen molar-refractivity contribution in [3.05, 3.63) is 69.4 Å². The van der Waals surface area contributed by atoms with Crippen molar-refractivity contribution in [3.63, 3.8) is 0 Å². The molecule has 1 aromatic carbocycles. The lowest BCUT2D eigenvalue weighted by molar-refractivity contribution is 0.668. The Morgan fingerprint density at radius 3 is 1.82 bits per heavy atom. The SMILES string of the molecule is CCCCCCc1cc(-c2ccc(-c3cc(C)c(-c4ccc(C)s4)s3)c3nsnc23)sc1-c1ccc(C)s1. The Hall–Kier alpha value is -2.16. The number of aromatic nitrogens is 2. The molecular weight excluding hydrogens is 561 g/mol. The van der Waals surface area contributed by atoms with Gasteiger partial charge in [-0.3, -0.25) is 0 Å². The van der Waals surface area contributed by atoms with Crippen LogP contribution in [0.3, 0.4) is 0 Å². The van der Waals surface area contributed by atoms with E-state index < -0.39 is 0 Å². The molecule has 0 aliphatic rings. The second-order valence-electron chi connectivity index (χ2n) is 9.84. The average molecular weight is 591 g/mol. The molecule has 0 saturated carbocycles. The van der Waals surface area contributed by atoms with E-state index in [2.05, 4.69) is 76.2 Å². The fourth-order valence-electron chi connectivity index (χ4n) is 4.93. The Balaban J connectivity index is 1.40. The summed E-state index contributed by atoms with van der Waals surface area (Å²) in [6.45, 7) is 8.87. The largest absolute Gasteiger partial charge is 0.172 e. The number of thiophene rings is 4. The summed E-state index contributed by atoms with van der Waals surface area (Å²) >= 11 is 8.88. The maximum Gasteiger partial charge on any atom is 0.114 e. The van der Waals surface area contributed by atoms with E-state index in [0.717, 1.165) is 17.5 Å². The molecule has 0 saturated heterocycles. The minimum Gasteiger partial charge on any atom is -0.172 e. The van der Waals surface area contributed by atoms with Crippen molar-refractivity contribution in [2.24, 2.45) is 0 Å². The highest BCUT2D eigenvalue weighted by Crippen LogP contribution is 2.46. The second kappa shape index (κ2) is 11.1. The third kappa shape index (κ3) is 5.07. The highest BCUT2D eigenvalue weighted by Gasteiger charge is 2.20. The molecule has 38 heavy (non-hydrogen) atoms. The fourth-order valence-corrected chi connectivity index (χ4v) is 10.00. The topological polar surface area (TPSA) is 25.8 Å². The van der Waals surface area contributed by atoms with Gasteiger partial charge in [-0.05, 0) is 81.1 Å². The second-order valence-corrected chi connectivity index (χ2v) is 15.0. The monoisotopic (exact) mass is 590 g/mol. The molecule has 0 spiro atoms. The molecular formula is C31H30N2S5. The zero-order valence-corrected chi connectivity index (χ0v) is 26.2. The van der Waals surface area contributed by atoms with Crippen molar-refractivity contribution in [2.75, 3.05) is 0 Å². The highest BCUT2D eigenvalue weighted by molar-refractivity contribution is 7.24. The lowest BCUT2D eigenvalue weighted by atomic mass is 10.0. The number of hydrogen-bond donors (Lipinski definition) is 0. The average Bonchev–Trinajstić information content (AvgIpc) is 3.72. The van der Waals surface area contributed by atoms with Gasteiger partial charge < -0.3 is 0 Å². The zero-order chi connectivity index (χ0) is 26.2. The van der Waals surface area contributed by atoms with E-state index in [9.17, 15) is 0 Å². The van der Waals surface area contributed by atoms with E-state index in [4.69, 9.17) is 8.75 Å². The first kappa shape index (κ1) is 26.1. The van der Waals surface area contributed by atoms with Crippen LogP contribution in [-0.2, 0) is 6.42 Å². The Morgan fingerprint density at radius 2 is 1.21 bits per heavy atom. The van der Waals surface area contributed by atoms with Crippen molar-refractivity contribution in [3.8, 4) is 40.4 Å². The van der Waals surface area contributed by atoms with Crippen LogP contribution in [0, 0.1) is 20.8 Å². The number of hydrogen-bond acceptors (Lipinski definition) is 7. The van der Waals surface area contributed by atoms with Gasteiger partial charge in [0, 0.05) is 50.1 Å². The molecule has 194 valence electrons. The summed E-state index contributed by atoms with van der Waals surface area (Å²) in [4.78, 5) is 10.8. The first-order valence-electron chi connectivity index (χ1n) is 13.1. The molecule has 6 aromatic rings. The third-order valence-corrected chi connectivity index (χ3v) is 12.3. The van der Waals surface area contributed by atoms with Gasteiger partial charge in [-0.2, -0.15) is 8.75 Å². The predicted molar refractivity (Wildman–Crippen MR) is 173 cm³/mol.